The van der Waals surface area contributed by atoms with Crippen molar-refractivity contribution in [3.63, 3.8) is 0 Å². The molecule has 4 nitrogen and oxygen atoms in total. The van der Waals surface area contributed by atoms with E-state index in [4.69, 9.17) is 9.47 Å². The zero-order valence-corrected chi connectivity index (χ0v) is 17.4. The number of allylic oxidation sites excluding steroid dienone is 2. The molecule has 0 saturated carbocycles. The topological polar surface area (TPSA) is 52.6 Å². The maximum absolute atomic E-state index is 12.4. The summed E-state index contributed by atoms with van der Waals surface area (Å²) in [6.07, 6.45) is 6.43. The van der Waals surface area contributed by atoms with Crippen LogP contribution in [0.15, 0.2) is 11.6 Å². The molecule has 0 atom stereocenters. The molecule has 25 heavy (non-hydrogen) atoms. The Labute approximate surface area is 154 Å². The minimum Gasteiger partial charge on any atom is -0.466 e. The van der Waals surface area contributed by atoms with E-state index in [0.29, 0.717) is 26.1 Å². The molecule has 4 heteroatoms. The molecular formula is C21H38O4. The first-order chi connectivity index (χ1) is 11.8. The lowest BCUT2D eigenvalue weighted by Gasteiger charge is -2.31. The molecule has 0 fully saturated rings. The minimum absolute atomic E-state index is 0.115. The average Bonchev–Trinajstić information content (AvgIpc) is 2.61. The van der Waals surface area contributed by atoms with Crippen LogP contribution in [0.2, 0.25) is 0 Å². The van der Waals surface area contributed by atoms with E-state index in [1.165, 1.54) is 0 Å². The fourth-order valence-electron chi connectivity index (χ4n) is 3.32. The molecule has 0 N–H and O–H groups in total. The Morgan fingerprint density at radius 3 is 1.52 bits per heavy atom. The van der Waals surface area contributed by atoms with Gasteiger partial charge in [-0.05, 0) is 59.3 Å². The van der Waals surface area contributed by atoms with Crippen molar-refractivity contribution in [3.8, 4) is 0 Å². The molecular weight excluding hydrogens is 316 g/mol. The van der Waals surface area contributed by atoms with Gasteiger partial charge in [0.2, 0.25) is 0 Å². The summed E-state index contributed by atoms with van der Waals surface area (Å²) in [5, 5.41) is 0. The standard InChI is InChI=1S/C21H38O4/c1-8-20(9-2,18(22)24-12-5)15-14-17(7)16-21(10-3,11-4)19(23)25-13-6/h14H,8-13,15-16H2,1-7H3/b17-14+. The summed E-state index contributed by atoms with van der Waals surface area (Å²) in [7, 11) is 0. The average molecular weight is 355 g/mol. The van der Waals surface area contributed by atoms with E-state index in [1.54, 1.807) is 0 Å². The quantitative estimate of drug-likeness (QED) is 0.345. The van der Waals surface area contributed by atoms with E-state index < -0.39 is 10.8 Å². The zero-order valence-electron chi connectivity index (χ0n) is 17.4. The second-order valence-corrected chi connectivity index (χ2v) is 6.85. The maximum Gasteiger partial charge on any atom is 0.312 e. The molecule has 146 valence electrons. The van der Waals surface area contributed by atoms with E-state index in [1.807, 2.05) is 48.5 Å². The Morgan fingerprint density at radius 2 is 1.16 bits per heavy atom. The van der Waals surface area contributed by atoms with Crippen molar-refractivity contribution in [3.05, 3.63) is 11.6 Å². The molecule has 0 radical (unpaired) electrons. The van der Waals surface area contributed by atoms with Gasteiger partial charge < -0.3 is 9.47 Å². The van der Waals surface area contributed by atoms with E-state index in [-0.39, 0.29) is 11.9 Å². The largest absolute Gasteiger partial charge is 0.466 e. The van der Waals surface area contributed by atoms with Crippen LogP contribution >= 0.6 is 0 Å². The van der Waals surface area contributed by atoms with Gasteiger partial charge in [0.05, 0.1) is 24.0 Å². The lowest BCUT2D eigenvalue weighted by Crippen LogP contribution is -2.33. The Kier molecular flexibility index (Phi) is 10.7. The van der Waals surface area contributed by atoms with Gasteiger partial charge in [0.25, 0.3) is 0 Å². The number of carbonyl (C=O) groups is 2. The third-order valence-corrected chi connectivity index (χ3v) is 5.58. The number of carbonyl (C=O) groups excluding carboxylic acids is 2. The van der Waals surface area contributed by atoms with Gasteiger partial charge in [-0.15, -0.1) is 0 Å². The number of ether oxygens (including phenoxy) is 2. The first-order valence-corrected chi connectivity index (χ1v) is 9.81. The normalized spacial score (nSPS) is 12.8. The molecule has 0 amide bonds. The summed E-state index contributed by atoms with van der Waals surface area (Å²) in [5.74, 6) is -0.234. The molecule has 0 bridgehead atoms. The van der Waals surface area contributed by atoms with Crippen LogP contribution < -0.4 is 0 Å². The van der Waals surface area contributed by atoms with E-state index in [0.717, 1.165) is 31.3 Å². The van der Waals surface area contributed by atoms with Crippen LogP contribution in [-0.2, 0) is 19.1 Å². The fraction of sp³-hybridized carbons (Fsp3) is 0.810. The molecule has 0 aliphatic carbocycles. The molecule has 0 unspecified atom stereocenters. The van der Waals surface area contributed by atoms with Crippen LogP contribution in [-0.4, -0.2) is 25.2 Å². The summed E-state index contributed by atoms with van der Waals surface area (Å²) in [6, 6.07) is 0. The Hall–Kier alpha value is -1.32. The highest BCUT2D eigenvalue weighted by molar-refractivity contribution is 5.77. The van der Waals surface area contributed by atoms with Gasteiger partial charge in [0.1, 0.15) is 0 Å². The third kappa shape index (κ3) is 6.16. The summed E-state index contributed by atoms with van der Waals surface area (Å²) in [6.45, 7) is 14.7. The third-order valence-electron chi connectivity index (χ3n) is 5.58. The molecule has 0 spiro atoms. The van der Waals surface area contributed by atoms with Crippen molar-refractivity contribution < 1.29 is 19.1 Å². The Bertz CT molecular complexity index is 443. The lowest BCUT2D eigenvalue weighted by atomic mass is 9.75. The van der Waals surface area contributed by atoms with Gasteiger partial charge >= 0.3 is 11.9 Å². The number of esters is 2. The second-order valence-electron chi connectivity index (χ2n) is 6.85. The number of rotatable bonds is 12. The highest BCUT2D eigenvalue weighted by Gasteiger charge is 2.38. The van der Waals surface area contributed by atoms with Gasteiger partial charge in [-0.25, -0.2) is 0 Å². The van der Waals surface area contributed by atoms with Crippen molar-refractivity contribution in [1.29, 1.82) is 0 Å². The first kappa shape index (κ1) is 23.7. The van der Waals surface area contributed by atoms with E-state index in [9.17, 15) is 9.59 Å². The Balaban J connectivity index is 5.32. The highest BCUT2D eigenvalue weighted by Crippen LogP contribution is 2.38. The monoisotopic (exact) mass is 354 g/mol. The van der Waals surface area contributed by atoms with Gasteiger partial charge in [0, 0.05) is 0 Å². The fourth-order valence-corrected chi connectivity index (χ4v) is 3.32. The minimum atomic E-state index is -0.471. The number of hydrogen-bond donors (Lipinski definition) is 0. The summed E-state index contributed by atoms with van der Waals surface area (Å²) in [5.41, 5.74) is 0.191. The van der Waals surface area contributed by atoms with Crippen LogP contribution in [0.25, 0.3) is 0 Å². The lowest BCUT2D eigenvalue weighted by molar-refractivity contribution is -0.157. The van der Waals surface area contributed by atoms with E-state index >= 15 is 0 Å². The molecule has 0 rings (SSSR count). The summed E-state index contributed by atoms with van der Waals surface area (Å²) >= 11 is 0. The molecule has 0 aliphatic rings. The maximum atomic E-state index is 12.4. The van der Waals surface area contributed by atoms with Crippen LogP contribution in [0.3, 0.4) is 0 Å². The second kappa shape index (κ2) is 11.3. The molecule has 0 aliphatic heterocycles. The van der Waals surface area contributed by atoms with Gasteiger partial charge in [-0.2, -0.15) is 0 Å². The van der Waals surface area contributed by atoms with Gasteiger partial charge in [-0.1, -0.05) is 39.3 Å². The highest BCUT2D eigenvalue weighted by atomic mass is 16.5. The Morgan fingerprint density at radius 1 is 0.760 bits per heavy atom. The SMILES string of the molecule is CCOC(=O)C(CC)(CC)C/C=C(\C)CC(CC)(CC)C(=O)OCC. The van der Waals surface area contributed by atoms with Crippen molar-refractivity contribution in [1.82, 2.24) is 0 Å². The smallest absolute Gasteiger partial charge is 0.312 e. The summed E-state index contributed by atoms with van der Waals surface area (Å²) < 4.78 is 10.6. The van der Waals surface area contributed by atoms with Crippen molar-refractivity contribution in [2.24, 2.45) is 10.8 Å². The van der Waals surface area contributed by atoms with Gasteiger partial charge in [-0.3, -0.25) is 9.59 Å². The molecule has 0 heterocycles. The van der Waals surface area contributed by atoms with Crippen LogP contribution in [0.4, 0.5) is 0 Å². The van der Waals surface area contributed by atoms with Crippen LogP contribution in [0.1, 0.15) is 87.0 Å². The predicted octanol–water partition coefficient (Wildman–Crippen LogP) is 5.45. The van der Waals surface area contributed by atoms with E-state index in [2.05, 4.69) is 6.08 Å². The van der Waals surface area contributed by atoms with Crippen molar-refractivity contribution in [2.75, 3.05) is 13.2 Å². The van der Waals surface area contributed by atoms with Crippen molar-refractivity contribution in [2.45, 2.75) is 87.0 Å². The molecule has 0 aromatic rings. The molecule has 0 aromatic carbocycles. The zero-order chi connectivity index (χ0) is 19.5. The van der Waals surface area contributed by atoms with Crippen LogP contribution in [0.5, 0.6) is 0 Å². The molecule has 0 saturated heterocycles. The number of hydrogen-bond acceptors (Lipinski definition) is 4. The molecule has 0 aromatic heterocycles. The van der Waals surface area contributed by atoms with Gasteiger partial charge in [0.15, 0.2) is 0 Å². The summed E-state index contributed by atoms with van der Waals surface area (Å²) in [4.78, 5) is 24.9. The van der Waals surface area contributed by atoms with Crippen LogP contribution in [0, 0.1) is 10.8 Å². The van der Waals surface area contributed by atoms with Crippen molar-refractivity contribution >= 4 is 11.9 Å². The first-order valence-electron chi connectivity index (χ1n) is 9.81. The predicted molar refractivity (Wildman–Crippen MR) is 102 cm³/mol.